The zero-order chi connectivity index (χ0) is 16.4. The van der Waals surface area contributed by atoms with Gasteiger partial charge in [-0.1, -0.05) is 37.2 Å². The summed E-state index contributed by atoms with van der Waals surface area (Å²) >= 11 is 0. The summed E-state index contributed by atoms with van der Waals surface area (Å²) < 4.78 is 5.40. The molecule has 1 aliphatic heterocycles. The highest BCUT2D eigenvalue weighted by Gasteiger charge is 2.35. The molecule has 23 heavy (non-hydrogen) atoms. The first kappa shape index (κ1) is 15.7. The van der Waals surface area contributed by atoms with E-state index in [1.165, 1.54) is 0 Å². The van der Waals surface area contributed by atoms with Gasteiger partial charge >= 0.3 is 0 Å². The number of nitrogens with zero attached hydrogens (tertiary/aromatic N) is 3. The fraction of sp³-hybridized carbons (Fsp3) is 0.471. The first-order chi connectivity index (χ1) is 11.0. The number of hydrogen-bond acceptors (Lipinski definition) is 5. The Kier molecular flexibility index (Phi) is 4.43. The molecule has 1 fully saturated rings. The Morgan fingerprint density at radius 2 is 2.09 bits per heavy atom. The Hall–Kier alpha value is -2.21. The predicted octanol–water partition coefficient (Wildman–Crippen LogP) is 2.37. The molecule has 3 rings (SSSR count). The molecular weight excluding hydrogens is 292 g/mol. The Labute approximate surface area is 135 Å². The van der Waals surface area contributed by atoms with Crippen LogP contribution in [0.15, 0.2) is 34.9 Å². The van der Waals surface area contributed by atoms with Crippen molar-refractivity contribution in [3.05, 3.63) is 47.6 Å². The zero-order valence-corrected chi connectivity index (χ0v) is 13.7. The predicted molar refractivity (Wildman–Crippen MR) is 86.1 cm³/mol. The van der Waals surface area contributed by atoms with Crippen LogP contribution in [0.4, 0.5) is 0 Å². The summed E-state index contributed by atoms with van der Waals surface area (Å²) in [4.78, 5) is 18.9. The monoisotopic (exact) mass is 314 g/mol. The number of likely N-dealkylation sites (tertiary alicyclic amines) is 1. The molecular formula is C17H22N4O2. The van der Waals surface area contributed by atoms with E-state index in [0.717, 1.165) is 18.8 Å². The van der Waals surface area contributed by atoms with Gasteiger partial charge in [0.25, 0.3) is 5.91 Å². The number of rotatable bonds is 4. The SMILES string of the molecule is CC(C)c1noc([C@@H]2C[C@H](NC(=O)c3ccccc3)CN2C)n1. The van der Waals surface area contributed by atoms with E-state index in [1.54, 1.807) is 0 Å². The lowest BCUT2D eigenvalue weighted by Crippen LogP contribution is -2.36. The molecule has 1 amide bonds. The molecule has 0 saturated carbocycles. The lowest BCUT2D eigenvalue weighted by Gasteiger charge is -2.14. The summed E-state index contributed by atoms with van der Waals surface area (Å²) in [7, 11) is 2.01. The smallest absolute Gasteiger partial charge is 0.251 e. The Morgan fingerprint density at radius 1 is 1.35 bits per heavy atom. The van der Waals surface area contributed by atoms with E-state index in [9.17, 15) is 4.79 Å². The highest BCUT2D eigenvalue weighted by atomic mass is 16.5. The van der Waals surface area contributed by atoms with E-state index in [1.807, 2.05) is 51.2 Å². The summed E-state index contributed by atoms with van der Waals surface area (Å²) in [6, 6.07) is 9.40. The number of nitrogens with one attached hydrogen (secondary N) is 1. The maximum Gasteiger partial charge on any atom is 0.251 e. The van der Waals surface area contributed by atoms with Crippen molar-refractivity contribution in [3.63, 3.8) is 0 Å². The van der Waals surface area contributed by atoms with Crippen LogP contribution in [0.5, 0.6) is 0 Å². The third kappa shape index (κ3) is 3.42. The van der Waals surface area contributed by atoms with Gasteiger partial charge in [-0.15, -0.1) is 0 Å². The fourth-order valence-corrected chi connectivity index (χ4v) is 2.87. The lowest BCUT2D eigenvalue weighted by atomic mass is 10.1. The van der Waals surface area contributed by atoms with Crippen LogP contribution in [-0.2, 0) is 0 Å². The van der Waals surface area contributed by atoms with Crippen LogP contribution in [0.2, 0.25) is 0 Å². The molecule has 2 atom stereocenters. The number of hydrogen-bond donors (Lipinski definition) is 1. The summed E-state index contributed by atoms with van der Waals surface area (Å²) in [5, 5.41) is 7.11. The van der Waals surface area contributed by atoms with Crippen molar-refractivity contribution in [1.82, 2.24) is 20.4 Å². The third-order valence-electron chi connectivity index (χ3n) is 4.18. The van der Waals surface area contributed by atoms with E-state index in [4.69, 9.17) is 4.52 Å². The summed E-state index contributed by atoms with van der Waals surface area (Å²) in [6.07, 6.45) is 0.773. The maximum atomic E-state index is 12.3. The second-order valence-corrected chi connectivity index (χ2v) is 6.37. The third-order valence-corrected chi connectivity index (χ3v) is 4.18. The standard InChI is InChI=1S/C17H22N4O2/c1-11(2)15-19-17(23-20-15)14-9-13(10-21(14)3)18-16(22)12-7-5-4-6-8-12/h4-8,11,13-14H,9-10H2,1-3H3,(H,18,22)/t13-,14-/m0/s1. The molecule has 1 aromatic heterocycles. The molecule has 1 N–H and O–H groups in total. The quantitative estimate of drug-likeness (QED) is 0.938. The highest BCUT2D eigenvalue weighted by molar-refractivity contribution is 5.94. The molecule has 6 heteroatoms. The van der Waals surface area contributed by atoms with Crippen LogP contribution in [0, 0.1) is 0 Å². The summed E-state index contributed by atoms with van der Waals surface area (Å²) in [5.74, 6) is 1.56. The fourth-order valence-electron chi connectivity index (χ4n) is 2.87. The van der Waals surface area contributed by atoms with Gasteiger partial charge in [0.1, 0.15) is 0 Å². The van der Waals surface area contributed by atoms with E-state index in [-0.39, 0.29) is 23.9 Å². The van der Waals surface area contributed by atoms with Gasteiger partial charge in [0, 0.05) is 24.1 Å². The van der Waals surface area contributed by atoms with E-state index in [0.29, 0.717) is 11.5 Å². The van der Waals surface area contributed by atoms with Crippen molar-refractivity contribution in [2.24, 2.45) is 0 Å². The van der Waals surface area contributed by atoms with Gasteiger partial charge in [-0.25, -0.2) is 0 Å². The number of likely N-dealkylation sites (N-methyl/N-ethyl adjacent to an activating group) is 1. The van der Waals surface area contributed by atoms with Crippen LogP contribution in [0.1, 0.15) is 54.3 Å². The van der Waals surface area contributed by atoms with Crippen molar-refractivity contribution in [1.29, 1.82) is 0 Å². The van der Waals surface area contributed by atoms with Crippen LogP contribution >= 0.6 is 0 Å². The minimum Gasteiger partial charge on any atom is -0.348 e. The minimum absolute atomic E-state index is 0.0435. The number of aromatic nitrogens is 2. The average molecular weight is 314 g/mol. The van der Waals surface area contributed by atoms with Crippen LogP contribution in [0.3, 0.4) is 0 Å². The molecule has 0 spiro atoms. The van der Waals surface area contributed by atoms with Crippen molar-refractivity contribution >= 4 is 5.91 Å². The van der Waals surface area contributed by atoms with Gasteiger partial charge in [0.05, 0.1) is 6.04 Å². The molecule has 1 saturated heterocycles. The van der Waals surface area contributed by atoms with Gasteiger partial charge in [-0.05, 0) is 25.6 Å². The minimum atomic E-state index is -0.0435. The largest absolute Gasteiger partial charge is 0.348 e. The maximum absolute atomic E-state index is 12.3. The van der Waals surface area contributed by atoms with Crippen LogP contribution < -0.4 is 5.32 Å². The Morgan fingerprint density at radius 3 is 2.74 bits per heavy atom. The van der Waals surface area contributed by atoms with Crippen molar-refractivity contribution in [2.75, 3.05) is 13.6 Å². The highest BCUT2D eigenvalue weighted by Crippen LogP contribution is 2.30. The number of benzene rings is 1. The molecule has 2 aromatic rings. The number of carbonyl (C=O) groups excluding carboxylic acids is 1. The van der Waals surface area contributed by atoms with E-state index >= 15 is 0 Å². The first-order valence-electron chi connectivity index (χ1n) is 7.94. The van der Waals surface area contributed by atoms with Crippen molar-refractivity contribution in [3.8, 4) is 0 Å². The van der Waals surface area contributed by atoms with Crippen molar-refractivity contribution in [2.45, 2.75) is 38.3 Å². The number of carbonyl (C=O) groups is 1. The summed E-state index contributed by atoms with van der Waals surface area (Å²) in [6.45, 7) is 4.84. The zero-order valence-electron chi connectivity index (χ0n) is 13.7. The normalized spacial score (nSPS) is 21.7. The second kappa shape index (κ2) is 6.50. The van der Waals surface area contributed by atoms with Crippen LogP contribution in [0.25, 0.3) is 0 Å². The van der Waals surface area contributed by atoms with Gasteiger partial charge < -0.3 is 9.84 Å². The molecule has 0 bridgehead atoms. The Balaban J connectivity index is 1.65. The molecule has 2 heterocycles. The topological polar surface area (TPSA) is 71.3 Å². The molecule has 1 aliphatic rings. The van der Waals surface area contributed by atoms with Gasteiger partial charge in [-0.2, -0.15) is 4.98 Å². The molecule has 6 nitrogen and oxygen atoms in total. The van der Waals surface area contributed by atoms with Gasteiger partial charge in [-0.3, -0.25) is 9.69 Å². The first-order valence-corrected chi connectivity index (χ1v) is 7.94. The molecule has 0 radical (unpaired) electrons. The lowest BCUT2D eigenvalue weighted by molar-refractivity contribution is 0.0938. The Bertz CT molecular complexity index is 668. The molecule has 0 unspecified atom stereocenters. The van der Waals surface area contributed by atoms with Crippen molar-refractivity contribution < 1.29 is 9.32 Å². The van der Waals surface area contributed by atoms with Gasteiger partial charge in [0.15, 0.2) is 5.82 Å². The molecule has 1 aromatic carbocycles. The average Bonchev–Trinajstić information content (AvgIpc) is 3.15. The van der Waals surface area contributed by atoms with E-state index < -0.39 is 0 Å². The molecule has 0 aliphatic carbocycles. The van der Waals surface area contributed by atoms with Crippen LogP contribution in [-0.4, -0.2) is 40.6 Å². The summed E-state index contributed by atoms with van der Waals surface area (Å²) in [5.41, 5.74) is 0.679. The molecule has 122 valence electrons. The second-order valence-electron chi connectivity index (χ2n) is 6.37. The van der Waals surface area contributed by atoms with E-state index in [2.05, 4.69) is 20.4 Å². The number of amides is 1. The van der Waals surface area contributed by atoms with Gasteiger partial charge in [0.2, 0.25) is 5.89 Å².